The number of carbonyl (C=O) groups excluding carboxylic acids is 2. The number of nitrogens with zero attached hydrogens (tertiary/aromatic N) is 4. The fourth-order valence-electron chi connectivity index (χ4n) is 3.99. The van der Waals surface area contributed by atoms with Crippen LogP contribution in [0.3, 0.4) is 0 Å². The maximum atomic E-state index is 12.9. The van der Waals surface area contributed by atoms with E-state index in [9.17, 15) is 9.59 Å². The van der Waals surface area contributed by atoms with E-state index in [0.717, 1.165) is 56.2 Å². The summed E-state index contributed by atoms with van der Waals surface area (Å²) in [4.78, 5) is 35.1. The number of piperidine rings is 1. The lowest BCUT2D eigenvalue weighted by atomic mass is 9.96. The summed E-state index contributed by atoms with van der Waals surface area (Å²) in [6.07, 6.45) is 1.83. The highest BCUT2D eigenvalue weighted by Gasteiger charge is 2.31. The van der Waals surface area contributed by atoms with Gasteiger partial charge in [-0.3, -0.25) is 14.5 Å². The summed E-state index contributed by atoms with van der Waals surface area (Å²) in [5, 5.41) is 1.04. The first-order valence-corrected chi connectivity index (χ1v) is 10.3. The third kappa shape index (κ3) is 4.06. The zero-order valence-electron chi connectivity index (χ0n) is 15.3. The lowest BCUT2D eigenvalue weighted by Gasteiger charge is -2.38. The molecule has 2 aliphatic heterocycles. The first kappa shape index (κ1) is 18.2. The normalized spacial score (nSPS) is 21.6. The van der Waals surface area contributed by atoms with Crippen molar-refractivity contribution in [2.45, 2.75) is 12.8 Å². The van der Waals surface area contributed by atoms with E-state index in [1.54, 1.807) is 11.3 Å². The first-order chi connectivity index (χ1) is 13.1. The first-order valence-electron chi connectivity index (χ1n) is 9.50. The van der Waals surface area contributed by atoms with Gasteiger partial charge in [0, 0.05) is 32.7 Å². The van der Waals surface area contributed by atoms with Gasteiger partial charge in [-0.1, -0.05) is 23.5 Å². The summed E-state index contributed by atoms with van der Waals surface area (Å²) < 4.78 is 1.20. The number of piperazine rings is 1. The monoisotopic (exact) mass is 387 g/mol. The maximum absolute atomic E-state index is 12.9. The van der Waals surface area contributed by atoms with E-state index in [1.807, 2.05) is 28.0 Å². The largest absolute Gasteiger partial charge is 0.369 e. The van der Waals surface area contributed by atoms with E-state index >= 15 is 0 Å². The molecule has 2 amide bonds. The molecule has 2 N–H and O–H groups in total. The van der Waals surface area contributed by atoms with E-state index < -0.39 is 0 Å². The zero-order valence-corrected chi connectivity index (χ0v) is 16.2. The zero-order chi connectivity index (χ0) is 18.8. The second-order valence-corrected chi connectivity index (χ2v) is 8.33. The van der Waals surface area contributed by atoms with Crippen molar-refractivity contribution in [3.05, 3.63) is 24.3 Å². The van der Waals surface area contributed by atoms with Crippen molar-refractivity contribution in [1.82, 2.24) is 14.8 Å². The van der Waals surface area contributed by atoms with Crippen LogP contribution in [0, 0.1) is 5.92 Å². The Kier molecular flexibility index (Phi) is 5.27. The summed E-state index contributed by atoms with van der Waals surface area (Å²) in [6.45, 7) is 4.79. The van der Waals surface area contributed by atoms with E-state index in [0.29, 0.717) is 6.54 Å². The predicted octanol–water partition coefficient (Wildman–Crippen LogP) is 1.14. The summed E-state index contributed by atoms with van der Waals surface area (Å²) in [7, 11) is 0. The highest BCUT2D eigenvalue weighted by Crippen LogP contribution is 2.29. The third-order valence-electron chi connectivity index (χ3n) is 5.38. The number of primary amides is 1. The predicted molar refractivity (Wildman–Crippen MR) is 107 cm³/mol. The van der Waals surface area contributed by atoms with Gasteiger partial charge in [0.1, 0.15) is 0 Å². The Hall–Kier alpha value is -2.19. The number of aromatic nitrogens is 1. The van der Waals surface area contributed by atoms with Crippen LogP contribution >= 0.6 is 11.3 Å². The molecule has 0 saturated carbocycles. The van der Waals surface area contributed by atoms with Gasteiger partial charge in [-0.15, -0.1) is 0 Å². The molecule has 7 nitrogen and oxygen atoms in total. The molecular formula is C19H25N5O2S. The molecule has 2 aliphatic rings. The number of fused-ring (bicyclic) bond motifs is 1. The Labute approximate surface area is 162 Å². The number of carbonyl (C=O) groups is 2. The van der Waals surface area contributed by atoms with Crippen LogP contribution in [0.2, 0.25) is 0 Å². The molecule has 4 rings (SSSR count). The lowest BCUT2D eigenvalue weighted by molar-refractivity contribution is -0.138. The number of para-hydroxylation sites is 1. The number of benzene rings is 1. The van der Waals surface area contributed by atoms with Crippen molar-refractivity contribution >= 4 is 38.5 Å². The molecule has 1 aromatic heterocycles. The molecule has 144 valence electrons. The second-order valence-electron chi connectivity index (χ2n) is 7.32. The van der Waals surface area contributed by atoms with Crippen LogP contribution in [-0.2, 0) is 9.59 Å². The molecule has 8 heteroatoms. The van der Waals surface area contributed by atoms with Gasteiger partial charge in [0.25, 0.3) is 0 Å². The minimum Gasteiger partial charge on any atom is -0.369 e. The van der Waals surface area contributed by atoms with Crippen molar-refractivity contribution in [3.63, 3.8) is 0 Å². The number of hydrogen-bond donors (Lipinski definition) is 1. The molecule has 3 heterocycles. The number of thiazole rings is 1. The molecule has 1 atom stereocenters. The van der Waals surface area contributed by atoms with Gasteiger partial charge in [-0.2, -0.15) is 0 Å². The number of hydrogen-bond acceptors (Lipinski definition) is 6. The number of likely N-dealkylation sites (tertiary alicyclic amines) is 1. The number of nitrogens with two attached hydrogens (primary N) is 1. The maximum Gasteiger partial charge on any atom is 0.231 e. The van der Waals surface area contributed by atoms with Crippen LogP contribution in [0.15, 0.2) is 24.3 Å². The molecule has 0 aliphatic carbocycles. The molecule has 2 aromatic rings. The molecular weight excluding hydrogens is 362 g/mol. The summed E-state index contributed by atoms with van der Waals surface area (Å²) in [5.41, 5.74) is 6.33. The van der Waals surface area contributed by atoms with Crippen molar-refractivity contribution in [1.29, 1.82) is 0 Å². The Morgan fingerprint density at radius 1 is 1.15 bits per heavy atom. The van der Waals surface area contributed by atoms with Crippen LogP contribution in [-0.4, -0.2) is 72.4 Å². The van der Waals surface area contributed by atoms with Gasteiger partial charge in [0.05, 0.1) is 22.7 Å². The minimum atomic E-state index is -0.326. The van der Waals surface area contributed by atoms with E-state index in [1.165, 1.54) is 4.70 Å². The quantitative estimate of drug-likeness (QED) is 0.851. The summed E-state index contributed by atoms with van der Waals surface area (Å²) >= 11 is 1.71. The average Bonchev–Trinajstić information content (AvgIpc) is 3.11. The Morgan fingerprint density at radius 3 is 2.67 bits per heavy atom. The van der Waals surface area contributed by atoms with Gasteiger partial charge in [0.2, 0.25) is 11.8 Å². The Morgan fingerprint density at radius 2 is 1.93 bits per heavy atom. The molecule has 0 radical (unpaired) electrons. The molecule has 0 spiro atoms. The van der Waals surface area contributed by atoms with Gasteiger partial charge >= 0.3 is 0 Å². The van der Waals surface area contributed by atoms with E-state index in [-0.39, 0.29) is 24.3 Å². The van der Waals surface area contributed by atoms with Crippen molar-refractivity contribution in [2.75, 3.05) is 50.7 Å². The molecule has 0 bridgehead atoms. The molecule has 2 fully saturated rings. The van der Waals surface area contributed by atoms with E-state index in [2.05, 4.69) is 11.0 Å². The van der Waals surface area contributed by atoms with Crippen LogP contribution in [0.4, 0.5) is 5.13 Å². The number of rotatable bonds is 4. The van der Waals surface area contributed by atoms with Crippen molar-refractivity contribution < 1.29 is 9.59 Å². The minimum absolute atomic E-state index is 0.0212. The molecule has 0 unspecified atom stereocenters. The molecule has 27 heavy (non-hydrogen) atoms. The smallest absolute Gasteiger partial charge is 0.231 e. The Balaban J connectivity index is 1.34. The third-order valence-corrected chi connectivity index (χ3v) is 6.48. The lowest BCUT2D eigenvalue weighted by Crippen LogP contribution is -2.53. The van der Waals surface area contributed by atoms with Crippen molar-refractivity contribution in [2.24, 2.45) is 11.7 Å². The fourth-order valence-corrected chi connectivity index (χ4v) is 5.01. The fraction of sp³-hybridized carbons (Fsp3) is 0.526. The highest BCUT2D eigenvalue weighted by atomic mass is 32.1. The highest BCUT2D eigenvalue weighted by molar-refractivity contribution is 7.22. The Bertz CT molecular complexity index is 797. The second kappa shape index (κ2) is 7.82. The van der Waals surface area contributed by atoms with Crippen LogP contribution in [0.5, 0.6) is 0 Å². The van der Waals surface area contributed by atoms with Crippen molar-refractivity contribution in [3.8, 4) is 0 Å². The van der Waals surface area contributed by atoms with E-state index in [4.69, 9.17) is 10.7 Å². The van der Waals surface area contributed by atoms with Gasteiger partial charge in [-0.25, -0.2) is 4.98 Å². The summed E-state index contributed by atoms with van der Waals surface area (Å²) in [5.74, 6) is -0.132. The van der Waals surface area contributed by atoms with Crippen LogP contribution in [0.1, 0.15) is 12.8 Å². The van der Waals surface area contributed by atoms with Crippen LogP contribution < -0.4 is 10.6 Å². The van der Waals surface area contributed by atoms with Gasteiger partial charge in [-0.05, 0) is 31.5 Å². The SMILES string of the molecule is NC(=O)CN1CCC[C@H](C(=O)N2CCN(c3nc4ccccc4s3)CC2)C1. The molecule has 1 aromatic carbocycles. The van der Waals surface area contributed by atoms with Crippen LogP contribution in [0.25, 0.3) is 10.2 Å². The topological polar surface area (TPSA) is 82.8 Å². The molecule has 2 saturated heterocycles. The van der Waals surface area contributed by atoms with Gasteiger partial charge < -0.3 is 15.5 Å². The summed E-state index contributed by atoms with van der Waals surface area (Å²) in [6, 6.07) is 8.17. The average molecular weight is 388 g/mol. The number of amides is 2. The van der Waals surface area contributed by atoms with Gasteiger partial charge in [0.15, 0.2) is 5.13 Å². The number of anilines is 1. The standard InChI is InChI=1S/C19H25N5O2S/c20-17(25)13-22-7-3-4-14(12-22)18(26)23-8-10-24(11-9-23)19-21-15-5-1-2-6-16(15)27-19/h1-2,5-6,14H,3-4,7-13H2,(H2,20,25)/t14-/m0/s1.